The molecule has 0 unspecified atom stereocenters. The number of hydrogen-bond donors (Lipinski definition) is 2. The van der Waals surface area contributed by atoms with Crippen molar-refractivity contribution in [2.24, 2.45) is 23.2 Å². The van der Waals surface area contributed by atoms with E-state index in [1.54, 1.807) is 29.2 Å². The first kappa shape index (κ1) is 30.0. The molecule has 7 rings (SSSR count). The summed E-state index contributed by atoms with van der Waals surface area (Å²) < 4.78 is 0. The summed E-state index contributed by atoms with van der Waals surface area (Å²) in [5, 5.41) is 11.7. The molecular weight excluding hydrogens is 558 g/mol. The number of carboxylic acids is 1. The van der Waals surface area contributed by atoms with Gasteiger partial charge in [0.05, 0.1) is 12.2 Å². The van der Waals surface area contributed by atoms with Gasteiger partial charge in [-0.2, -0.15) is 0 Å². The molecule has 2 N–H and O–H groups in total. The zero-order valence-corrected chi connectivity index (χ0v) is 25.5. The Morgan fingerprint density at radius 3 is 2.16 bits per heavy atom. The maximum absolute atomic E-state index is 15.1. The predicted octanol–water partition coefficient (Wildman–Crippen LogP) is 4.51. The number of benzene rings is 2. The third-order valence-electron chi connectivity index (χ3n) is 10.6. The van der Waals surface area contributed by atoms with Crippen LogP contribution in [0.2, 0.25) is 0 Å². The van der Waals surface area contributed by atoms with Crippen molar-refractivity contribution < 1.29 is 29.1 Å². The lowest BCUT2D eigenvalue weighted by atomic mass is 9.48. The molecule has 0 spiro atoms. The number of hydrogen-bond acceptors (Lipinski definition) is 5. The van der Waals surface area contributed by atoms with Crippen LogP contribution in [-0.2, 0) is 25.7 Å². The molecule has 9 heteroatoms. The number of anilines is 1. The van der Waals surface area contributed by atoms with E-state index in [9.17, 15) is 24.3 Å². The quantitative estimate of drug-likeness (QED) is 0.483. The highest BCUT2D eigenvalue weighted by Crippen LogP contribution is 2.62. The molecule has 4 bridgehead atoms. The number of para-hydroxylation sites is 1. The summed E-state index contributed by atoms with van der Waals surface area (Å²) in [6.45, 7) is 2.86. The van der Waals surface area contributed by atoms with E-state index in [0.29, 0.717) is 35.4 Å². The van der Waals surface area contributed by atoms with E-state index in [-0.39, 0.29) is 30.1 Å². The van der Waals surface area contributed by atoms with E-state index < -0.39 is 36.4 Å². The van der Waals surface area contributed by atoms with Crippen LogP contribution in [0, 0.1) is 30.1 Å². The number of fused-ring (bicyclic) bond motifs is 1. The number of Topliss-reactive ketones (excluding diaryl/α,β-unsaturated/α-hetero) is 1. The van der Waals surface area contributed by atoms with Crippen molar-refractivity contribution >= 4 is 35.2 Å². The minimum absolute atomic E-state index is 0.128. The topological polar surface area (TPSA) is 124 Å². The second kappa shape index (κ2) is 11.8. The molecule has 0 radical (unpaired) electrons. The van der Waals surface area contributed by atoms with Crippen molar-refractivity contribution in [1.29, 1.82) is 0 Å². The van der Waals surface area contributed by atoms with E-state index in [1.165, 1.54) is 31.1 Å². The van der Waals surface area contributed by atoms with Crippen LogP contribution in [0.25, 0.3) is 0 Å². The zero-order valence-electron chi connectivity index (χ0n) is 25.5. The second-order valence-corrected chi connectivity index (χ2v) is 13.7. The van der Waals surface area contributed by atoms with Gasteiger partial charge in [0.25, 0.3) is 0 Å². The normalized spacial score (nSPS) is 29.5. The van der Waals surface area contributed by atoms with Gasteiger partial charge in [-0.05, 0) is 98.3 Å². The van der Waals surface area contributed by atoms with Crippen LogP contribution < -0.4 is 10.2 Å². The maximum atomic E-state index is 15.1. The fraction of sp³-hybridized carbons (Fsp3) is 0.514. The number of amides is 3. The molecule has 1 aliphatic heterocycles. The number of ketones is 1. The van der Waals surface area contributed by atoms with E-state index in [1.807, 2.05) is 31.2 Å². The molecule has 1 heterocycles. The minimum atomic E-state index is -1.33. The van der Waals surface area contributed by atoms with E-state index in [0.717, 1.165) is 30.4 Å². The van der Waals surface area contributed by atoms with Crippen LogP contribution in [0.4, 0.5) is 5.69 Å². The molecule has 0 aromatic heterocycles. The van der Waals surface area contributed by atoms with Gasteiger partial charge in [-0.3, -0.25) is 24.0 Å². The summed E-state index contributed by atoms with van der Waals surface area (Å²) in [5.41, 5.74) is 2.54. The molecule has 2 atom stereocenters. The van der Waals surface area contributed by atoms with Crippen LogP contribution in [-0.4, -0.2) is 58.1 Å². The molecule has 2 aromatic rings. The maximum Gasteiger partial charge on any atom is 0.322 e. The number of carboxylic acid groups (broad SMARTS) is 1. The third kappa shape index (κ3) is 5.76. The van der Waals surface area contributed by atoms with Crippen LogP contribution in [0.3, 0.4) is 0 Å². The van der Waals surface area contributed by atoms with Crippen molar-refractivity contribution in [3.05, 3.63) is 65.2 Å². The first-order chi connectivity index (χ1) is 21.0. The number of aliphatic carboxylic acids is 1. The Hall–Kier alpha value is -4.01. The van der Waals surface area contributed by atoms with Gasteiger partial charge in [0.1, 0.15) is 18.6 Å². The molecule has 5 aliphatic rings. The van der Waals surface area contributed by atoms with Crippen LogP contribution in [0.5, 0.6) is 0 Å². The molecule has 4 aliphatic carbocycles. The average Bonchev–Trinajstić information content (AvgIpc) is 3.00. The Labute approximate surface area is 258 Å². The number of carbonyl (C=O) groups excluding carboxylic acids is 4. The van der Waals surface area contributed by atoms with Crippen molar-refractivity contribution in [3.8, 4) is 0 Å². The standard InChI is InChI=1S/C35H41N3O6/c1-21-7-3-4-8-26(21)20-37-28-10-6-5-9-27(28)31(40)14-29(33(43)36-19-32(41)42)38(22(2)39)30(34(37)44)18-35-15-23-11-24(16-35)13-25(12-23)17-35/h3-10,23-25,29-30H,11-20H2,1-2H3,(H,36,43)(H,41,42)/t23?,24?,25?,29-,30+,35?/m0/s1. The Kier molecular flexibility index (Phi) is 8.07. The summed E-state index contributed by atoms with van der Waals surface area (Å²) in [6.07, 6.45) is 6.71. The van der Waals surface area contributed by atoms with Gasteiger partial charge in [0, 0.05) is 18.9 Å². The highest BCUT2D eigenvalue weighted by atomic mass is 16.4. The molecule has 2 aromatic carbocycles. The van der Waals surface area contributed by atoms with Crippen LogP contribution in [0.15, 0.2) is 48.5 Å². The molecule has 232 valence electrons. The minimum Gasteiger partial charge on any atom is -0.480 e. The first-order valence-corrected chi connectivity index (χ1v) is 15.8. The van der Waals surface area contributed by atoms with Gasteiger partial charge in [-0.25, -0.2) is 0 Å². The highest BCUT2D eigenvalue weighted by Gasteiger charge is 2.54. The smallest absolute Gasteiger partial charge is 0.322 e. The first-order valence-electron chi connectivity index (χ1n) is 15.8. The van der Waals surface area contributed by atoms with Crippen molar-refractivity contribution in [1.82, 2.24) is 10.2 Å². The fourth-order valence-electron chi connectivity index (χ4n) is 9.16. The van der Waals surface area contributed by atoms with E-state index >= 15 is 4.79 Å². The van der Waals surface area contributed by atoms with E-state index in [2.05, 4.69) is 5.32 Å². The Morgan fingerprint density at radius 2 is 1.55 bits per heavy atom. The van der Waals surface area contributed by atoms with Crippen molar-refractivity contribution in [3.63, 3.8) is 0 Å². The lowest BCUT2D eigenvalue weighted by Gasteiger charge is -2.58. The largest absolute Gasteiger partial charge is 0.480 e. The Bertz CT molecular complexity index is 1470. The van der Waals surface area contributed by atoms with Gasteiger partial charge in [0.15, 0.2) is 5.78 Å². The van der Waals surface area contributed by atoms with E-state index in [4.69, 9.17) is 0 Å². The Morgan fingerprint density at radius 1 is 0.932 bits per heavy atom. The summed E-state index contributed by atoms with van der Waals surface area (Å²) >= 11 is 0. The van der Waals surface area contributed by atoms with Crippen molar-refractivity contribution in [2.75, 3.05) is 11.4 Å². The monoisotopic (exact) mass is 599 g/mol. The third-order valence-corrected chi connectivity index (χ3v) is 10.6. The number of nitrogens with zero attached hydrogens (tertiary/aromatic N) is 2. The fourth-order valence-corrected chi connectivity index (χ4v) is 9.16. The molecule has 9 nitrogen and oxygen atoms in total. The molecular formula is C35H41N3O6. The molecule has 3 amide bonds. The number of rotatable bonds is 7. The van der Waals surface area contributed by atoms with Gasteiger partial charge in [-0.1, -0.05) is 36.4 Å². The molecule has 44 heavy (non-hydrogen) atoms. The highest BCUT2D eigenvalue weighted by molar-refractivity contribution is 6.10. The molecule has 4 saturated carbocycles. The lowest BCUT2D eigenvalue weighted by Crippen LogP contribution is -2.60. The summed E-state index contributed by atoms with van der Waals surface area (Å²) in [5.74, 6) is -1.35. The molecule has 0 saturated heterocycles. The summed E-state index contributed by atoms with van der Waals surface area (Å²) in [6, 6.07) is 12.4. The zero-order chi connectivity index (χ0) is 31.2. The number of aryl methyl sites for hydroxylation is 1. The van der Waals surface area contributed by atoms with Gasteiger partial charge >= 0.3 is 5.97 Å². The van der Waals surface area contributed by atoms with Crippen molar-refractivity contribution in [2.45, 2.75) is 83.8 Å². The summed E-state index contributed by atoms with van der Waals surface area (Å²) in [4.78, 5) is 70.6. The number of carbonyl (C=O) groups is 5. The second-order valence-electron chi connectivity index (χ2n) is 13.7. The predicted molar refractivity (Wildman–Crippen MR) is 164 cm³/mol. The number of nitrogens with one attached hydrogen (secondary N) is 1. The lowest BCUT2D eigenvalue weighted by molar-refractivity contribution is -0.150. The van der Waals surface area contributed by atoms with Gasteiger partial charge in [-0.15, -0.1) is 0 Å². The van der Waals surface area contributed by atoms with Gasteiger partial charge < -0.3 is 20.2 Å². The van der Waals surface area contributed by atoms with Crippen LogP contribution >= 0.6 is 0 Å². The Balaban J connectivity index is 1.49. The van der Waals surface area contributed by atoms with Crippen LogP contribution in [0.1, 0.15) is 79.8 Å². The molecule has 4 fully saturated rings. The summed E-state index contributed by atoms with van der Waals surface area (Å²) in [7, 11) is 0. The SMILES string of the molecule is CC(=O)N1[C@H](CC23CC4CC(CC(C4)C2)C3)C(=O)N(Cc2ccccc2C)c2ccccc2C(=O)C[C@H]1C(=O)NCC(=O)O. The average molecular weight is 600 g/mol. The van der Waals surface area contributed by atoms with Gasteiger partial charge in [0.2, 0.25) is 17.7 Å².